The number of hydrogen-bond acceptors (Lipinski definition) is 4. The van der Waals surface area contributed by atoms with Gasteiger partial charge in [0.2, 0.25) is 0 Å². The highest BCUT2D eigenvalue weighted by molar-refractivity contribution is 5.86. The van der Waals surface area contributed by atoms with E-state index in [0.29, 0.717) is 18.9 Å². The van der Waals surface area contributed by atoms with Gasteiger partial charge in [0.1, 0.15) is 6.10 Å². The zero-order valence-corrected chi connectivity index (χ0v) is 15.9. The average molecular weight is 364 g/mol. The molecule has 27 heavy (non-hydrogen) atoms. The first-order chi connectivity index (χ1) is 13.1. The Bertz CT molecular complexity index is 764. The van der Waals surface area contributed by atoms with Crippen LogP contribution in [0.5, 0.6) is 0 Å². The standard InChI is InChI=1S/C23H28N2O2/c1-2-18-17(8-3-4-12-24)14-20-19-9-10-21(26)22(27)23(18,19)11-13-25(20)15-16-6-5-7-16/h1,3,8,16,19-20,22,27H,4-7,9-11,13-15H2/b8-3-/t19-,20+,22-,23+/m1/s1. The lowest BCUT2D eigenvalue weighted by atomic mass is 9.50. The van der Waals surface area contributed by atoms with E-state index in [9.17, 15) is 9.90 Å². The van der Waals surface area contributed by atoms with E-state index in [1.807, 2.05) is 12.2 Å². The molecule has 0 amide bonds. The fourth-order valence-corrected chi connectivity index (χ4v) is 6.00. The number of piperidine rings is 1. The second-order valence-corrected chi connectivity index (χ2v) is 8.68. The topological polar surface area (TPSA) is 64.3 Å². The summed E-state index contributed by atoms with van der Waals surface area (Å²) in [6, 6.07) is 2.47. The molecular formula is C23H28N2O2. The van der Waals surface area contributed by atoms with Crippen LogP contribution in [0.1, 0.15) is 51.4 Å². The van der Waals surface area contributed by atoms with E-state index in [0.717, 1.165) is 49.4 Å². The van der Waals surface area contributed by atoms with Gasteiger partial charge >= 0.3 is 0 Å². The average Bonchev–Trinajstić information content (AvgIpc) is 2.63. The molecular weight excluding hydrogens is 336 g/mol. The Morgan fingerprint density at radius 2 is 2.19 bits per heavy atom. The molecule has 1 aliphatic heterocycles. The van der Waals surface area contributed by atoms with Crippen LogP contribution < -0.4 is 0 Å². The normalized spacial score (nSPS) is 36.9. The van der Waals surface area contributed by atoms with Crippen molar-refractivity contribution in [3.05, 3.63) is 23.3 Å². The number of aliphatic hydroxyl groups is 1. The van der Waals surface area contributed by atoms with Gasteiger partial charge < -0.3 is 5.11 Å². The highest BCUT2D eigenvalue weighted by atomic mass is 16.3. The van der Waals surface area contributed by atoms with Gasteiger partial charge in [-0.15, -0.1) is 6.42 Å². The molecule has 4 nitrogen and oxygen atoms in total. The fourth-order valence-electron chi connectivity index (χ4n) is 6.00. The Balaban J connectivity index is 1.75. The summed E-state index contributed by atoms with van der Waals surface area (Å²) in [6.45, 7) is 2.03. The maximum Gasteiger partial charge on any atom is 0.162 e. The molecule has 1 saturated heterocycles. The number of allylic oxidation sites excluding steroid dienone is 2. The van der Waals surface area contributed by atoms with Crippen LogP contribution in [0.3, 0.4) is 0 Å². The zero-order valence-electron chi connectivity index (χ0n) is 15.9. The lowest BCUT2D eigenvalue weighted by Gasteiger charge is -2.60. The van der Waals surface area contributed by atoms with E-state index in [-0.39, 0.29) is 11.7 Å². The molecule has 2 saturated carbocycles. The number of hydrogen-bond donors (Lipinski definition) is 1. The van der Waals surface area contributed by atoms with E-state index in [1.165, 1.54) is 19.3 Å². The molecule has 3 fully saturated rings. The second-order valence-electron chi connectivity index (χ2n) is 8.68. The largest absolute Gasteiger partial charge is 0.384 e. The predicted octanol–water partition coefficient (Wildman–Crippen LogP) is 2.99. The van der Waals surface area contributed by atoms with E-state index < -0.39 is 11.5 Å². The number of likely N-dealkylation sites (tertiary alicyclic amines) is 1. The summed E-state index contributed by atoms with van der Waals surface area (Å²) in [5.41, 5.74) is 1.26. The van der Waals surface area contributed by atoms with Crippen LogP contribution in [-0.4, -0.2) is 41.0 Å². The van der Waals surface area contributed by atoms with Crippen molar-refractivity contribution in [3.8, 4) is 18.4 Å². The minimum Gasteiger partial charge on any atom is -0.384 e. The van der Waals surface area contributed by atoms with Gasteiger partial charge in [0, 0.05) is 30.0 Å². The van der Waals surface area contributed by atoms with Crippen molar-refractivity contribution >= 4 is 5.78 Å². The van der Waals surface area contributed by atoms with Crippen molar-refractivity contribution in [2.24, 2.45) is 17.3 Å². The molecule has 0 aromatic carbocycles. The van der Waals surface area contributed by atoms with Gasteiger partial charge in [-0.25, -0.2) is 0 Å². The number of ketones is 1. The molecule has 4 aliphatic rings. The summed E-state index contributed by atoms with van der Waals surface area (Å²) in [5.74, 6) is 3.85. The maximum absolute atomic E-state index is 12.5. The first kappa shape index (κ1) is 18.5. The smallest absolute Gasteiger partial charge is 0.162 e. The van der Waals surface area contributed by atoms with E-state index in [4.69, 9.17) is 11.7 Å². The lowest BCUT2D eigenvalue weighted by molar-refractivity contribution is -0.153. The van der Waals surface area contributed by atoms with Crippen LogP contribution in [0.4, 0.5) is 0 Å². The minimum atomic E-state index is -0.990. The molecule has 2 bridgehead atoms. The van der Waals surface area contributed by atoms with Crippen molar-refractivity contribution < 1.29 is 9.90 Å². The van der Waals surface area contributed by atoms with Gasteiger partial charge in [-0.1, -0.05) is 24.5 Å². The second kappa shape index (κ2) is 7.27. The first-order valence-electron chi connectivity index (χ1n) is 10.3. The summed E-state index contributed by atoms with van der Waals surface area (Å²) in [6.07, 6.45) is 16.0. The van der Waals surface area contributed by atoms with Crippen LogP contribution in [0.15, 0.2) is 23.3 Å². The highest BCUT2D eigenvalue weighted by Gasteiger charge is 2.60. The molecule has 0 radical (unpaired) electrons. The number of nitrogens with zero attached hydrogens (tertiary/aromatic N) is 2. The molecule has 1 N–H and O–H groups in total. The lowest BCUT2D eigenvalue weighted by Crippen LogP contribution is -2.65. The third-order valence-corrected chi connectivity index (χ3v) is 7.51. The van der Waals surface area contributed by atoms with Crippen LogP contribution >= 0.6 is 0 Å². The number of terminal acetylenes is 1. The molecule has 1 heterocycles. The van der Waals surface area contributed by atoms with Gasteiger partial charge in [0.15, 0.2) is 5.78 Å². The van der Waals surface area contributed by atoms with Gasteiger partial charge in [-0.2, -0.15) is 5.26 Å². The summed E-state index contributed by atoms with van der Waals surface area (Å²) in [5, 5.41) is 19.9. The monoisotopic (exact) mass is 364 g/mol. The van der Waals surface area contributed by atoms with Gasteiger partial charge in [-0.3, -0.25) is 9.69 Å². The number of carbonyl (C=O) groups excluding carboxylic acids is 1. The van der Waals surface area contributed by atoms with E-state index >= 15 is 0 Å². The van der Waals surface area contributed by atoms with Crippen molar-refractivity contribution in [2.75, 3.05) is 13.1 Å². The Kier molecular flexibility index (Phi) is 4.97. The predicted molar refractivity (Wildman–Crippen MR) is 103 cm³/mol. The maximum atomic E-state index is 12.5. The fraction of sp³-hybridized carbons (Fsp3) is 0.652. The Morgan fingerprint density at radius 1 is 1.37 bits per heavy atom. The quantitative estimate of drug-likeness (QED) is 0.779. The number of rotatable bonds is 4. The minimum absolute atomic E-state index is 0.0625. The van der Waals surface area contributed by atoms with Crippen molar-refractivity contribution in [1.29, 1.82) is 5.26 Å². The third-order valence-electron chi connectivity index (χ3n) is 7.51. The molecule has 0 spiro atoms. The van der Waals surface area contributed by atoms with Crippen LogP contribution in [0.2, 0.25) is 0 Å². The van der Waals surface area contributed by atoms with Crippen molar-refractivity contribution in [1.82, 2.24) is 4.90 Å². The van der Waals surface area contributed by atoms with Gasteiger partial charge in [0.25, 0.3) is 0 Å². The SMILES string of the molecule is C#CC1=C(/C=C\CC#N)C[C@H]2[C@H]3CCC(=O)[C@@H](O)[C@@]13CCN2CC1CCC1. The summed E-state index contributed by atoms with van der Waals surface area (Å²) in [4.78, 5) is 15.1. The number of carbonyl (C=O) groups is 1. The van der Waals surface area contributed by atoms with Crippen molar-refractivity contribution in [3.63, 3.8) is 0 Å². The molecule has 0 unspecified atom stereocenters. The van der Waals surface area contributed by atoms with Gasteiger partial charge in [0.05, 0.1) is 12.5 Å². The van der Waals surface area contributed by atoms with E-state index in [1.54, 1.807) is 0 Å². The van der Waals surface area contributed by atoms with E-state index in [2.05, 4.69) is 16.9 Å². The molecule has 4 atom stereocenters. The molecule has 4 rings (SSSR count). The molecule has 0 aromatic rings. The molecule has 4 heteroatoms. The number of nitriles is 1. The molecule has 3 aliphatic carbocycles. The van der Waals surface area contributed by atoms with Crippen molar-refractivity contribution in [2.45, 2.75) is 63.5 Å². The van der Waals surface area contributed by atoms with Crippen LogP contribution in [0, 0.1) is 40.9 Å². The Labute approximate surface area is 161 Å². The molecule has 142 valence electrons. The molecule has 0 aromatic heterocycles. The number of Topliss-reactive ketones (excluding diaryl/α,β-unsaturated/α-hetero) is 1. The summed E-state index contributed by atoms with van der Waals surface area (Å²) >= 11 is 0. The summed E-state index contributed by atoms with van der Waals surface area (Å²) < 4.78 is 0. The first-order valence-corrected chi connectivity index (χ1v) is 10.3. The van der Waals surface area contributed by atoms with Crippen LogP contribution in [-0.2, 0) is 4.79 Å². The van der Waals surface area contributed by atoms with Gasteiger partial charge in [-0.05, 0) is 56.1 Å². The van der Waals surface area contributed by atoms with Crippen LogP contribution in [0.25, 0.3) is 0 Å². The highest BCUT2D eigenvalue weighted by Crippen LogP contribution is 2.58. The zero-order chi connectivity index (χ0) is 19.0. The Hall–Kier alpha value is -1.88. The number of aliphatic hydroxyl groups excluding tert-OH is 1. The summed E-state index contributed by atoms with van der Waals surface area (Å²) in [7, 11) is 0. The third kappa shape index (κ3) is 2.87. The Morgan fingerprint density at radius 3 is 2.85 bits per heavy atom.